The normalized spacial score (nSPS) is 15.2. The van der Waals surface area contributed by atoms with Crippen LogP contribution in [-0.2, 0) is 11.2 Å². The number of carbonyl (C=O) groups excluding carboxylic acids is 1. The zero-order valence-corrected chi connectivity index (χ0v) is 15.8. The summed E-state index contributed by atoms with van der Waals surface area (Å²) in [6, 6.07) is 4.70. The van der Waals surface area contributed by atoms with Crippen LogP contribution >= 0.6 is 0 Å². The highest BCUT2D eigenvalue weighted by atomic mass is 16.5. The molecule has 0 aromatic heterocycles. The van der Waals surface area contributed by atoms with Crippen molar-refractivity contribution in [3.63, 3.8) is 0 Å². The Morgan fingerprint density at radius 2 is 1.78 bits per heavy atom. The fourth-order valence-electron chi connectivity index (χ4n) is 3.57. The summed E-state index contributed by atoms with van der Waals surface area (Å²) < 4.78 is 21.4. The van der Waals surface area contributed by atoms with Crippen molar-refractivity contribution in [3.8, 4) is 34.1 Å². The number of phenolic OH excluding ortho intramolecular Hbond substituents is 1. The second kappa shape index (κ2) is 7.36. The van der Waals surface area contributed by atoms with Gasteiger partial charge >= 0.3 is 5.97 Å². The van der Waals surface area contributed by atoms with Gasteiger partial charge in [-0.25, -0.2) is 4.79 Å². The van der Waals surface area contributed by atoms with Crippen molar-refractivity contribution in [2.24, 2.45) is 5.73 Å². The molecule has 0 unspecified atom stereocenters. The minimum absolute atomic E-state index is 0.0631. The fraction of sp³-hybridized carbons (Fsp3) is 0.350. The molecule has 0 heterocycles. The van der Waals surface area contributed by atoms with E-state index in [1.807, 2.05) is 6.07 Å². The van der Waals surface area contributed by atoms with Crippen LogP contribution in [0.25, 0.3) is 11.1 Å². The molecular formula is C20H23NO6. The van der Waals surface area contributed by atoms with E-state index in [0.717, 1.165) is 16.7 Å². The van der Waals surface area contributed by atoms with E-state index in [9.17, 15) is 9.90 Å². The Balaban J connectivity index is 2.40. The molecule has 7 heteroatoms. The van der Waals surface area contributed by atoms with Crippen LogP contribution in [0, 0.1) is 0 Å². The number of carbonyl (C=O) groups is 1. The van der Waals surface area contributed by atoms with Crippen LogP contribution in [-0.4, -0.2) is 39.5 Å². The van der Waals surface area contributed by atoms with Gasteiger partial charge in [0.25, 0.3) is 0 Å². The molecule has 0 amide bonds. The molecule has 144 valence electrons. The van der Waals surface area contributed by atoms with Crippen LogP contribution < -0.4 is 19.9 Å². The Morgan fingerprint density at radius 3 is 2.37 bits per heavy atom. The monoisotopic (exact) mass is 373 g/mol. The molecule has 2 aromatic rings. The van der Waals surface area contributed by atoms with E-state index >= 15 is 0 Å². The Bertz CT molecular complexity index is 893. The van der Waals surface area contributed by atoms with Crippen molar-refractivity contribution in [3.05, 3.63) is 34.9 Å². The van der Waals surface area contributed by atoms with Crippen LogP contribution in [0.15, 0.2) is 18.2 Å². The molecule has 3 rings (SSSR count). The maximum Gasteiger partial charge on any atom is 0.341 e. The third kappa shape index (κ3) is 3.04. The smallest absolute Gasteiger partial charge is 0.341 e. The van der Waals surface area contributed by atoms with Gasteiger partial charge in [-0.05, 0) is 47.7 Å². The first-order valence-corrected chi connectivity index (χ1v) is 8.49. The number of aromatic hydroxyl groups is 1. The third-order valence-electron chi connectivity index (χ3n) is 4.88. The standard InChI is InChI=1S/C20H23NO6/c1-24-16-7-10-5-6-14(21)11-9-15(22)13(20(23)27-4)8-12(11)17(10)19(26-3)18(16)25-2/h7-9,14,22H,5-6,21H2,1-4H3/t14-/m0/s1. The van der Waals surface area contributed by atoms with Crippen LogP contribution in [0.3, 0.4) is 0 Å². The number of ether oxygens (including phenoxy) is 4. The van der Waals surface area contributed by atoms with Crippen molar-refractivity contribution in [2.45, 2.75) is 18.9 Å². The average molecular weight is 373 g/mol. The van der Waals surface area contributed by atoms with Gasteiger partial charge in [0, 0.05) is 11.6 Å². The number of phenols is 1. The van der Waals surface area contributed by atoms with E-state index in [-0.39, 0.29) is 17.4 Å². The molecule has 0 fully saturated rings. The van der Waals surface area contributed by atoms with E-state index in [2.05, 4.69) is 0 Å². The highest BCUT2D eigenvalue weighted by molar-refractivity contribution is 5.96. The van der Waals surface area contributed by atoms with E-state index in [1.54, 1.807) is 20.3 Å². The molecule has 0 aliphatic heterocycles. The maximum absolute atomic E-state index is 12.1. The highest BCUT2D eigenvalue weighted by Crippen LogP contribution is 2.51. The van der Waals surface area contributed by atoms with Gasteiger partial charge in [0.05, 0.1) is 28.4 Å². The Hall–Kier alpha value is -2.93. The summed E-state index contributed by atoms with van der Waals surface area (Å²) in [5, 5.41) is 10.3. The summed E-state index contributed by atoms with van der Waals surface area (Å²) in [5.41, 5.74) is 9.57. The van der Waals surface area contributed by atoms with Gasteiger partial charge in [0.15, 0.2) is 11.5 Å². The molecular weight excluding hydrogens is 350 g/mol. The van der Waals surface area contributed by atoms with Gasteiger partial charge in [0.2, 0.25) is 5.75 Å². The minimum atomic E-state index is -0.630. The van der Waals surface area contributed by atoms with Crippen LogP contribution in [0.4, 0.5) is 0 Å². The number of benzene rings is 2. The molecule has 0 saturated carbocycles. The topological polar surface area (TPSA) is 100 Å². The molecule has 2 aromatic carbocycles. The molecule has 1 atom stereocenters. The third-order valence-corrected chi connectivity index (χ3v) is 4.88. The predicted octanol–water partition coefficient (Wildman–Crippen LogP) is 2.82. The van der Waals surface area contributed by atoms with E-state index < -0.39 is 5.97 Å². The zero-order chi connectivity index (χ0) is 19.7. The zero-order valence-electron chi connectivity index (χ0n) is 15.8. The minimum Gasteiger partial charge on any atom is -0.507 e. The molecule has 7 nitrogen and oxygen atoms in total. The number of methoxy groups -OCH3 is 4. The van der Waals surface area contributed by atoms with Gasteiger partial charge in [0.1, 0.15) is 11.3 Å². The van der Waals surface area contributed by atoms with Crippen molar-refractivity contribution < 1.29 is 28.8 Å². The van der Waals surface area contributed by atoms with Crippen LogP contribution in [0.2, 0.25) is 0 Å². The van der Waals surface area contributed by atoms with Crippen molar-refractivity contribution in [2.75, 3.05) is 28.4 Å². The number of nitrogens with two attached hydrogens (primary N) is 1. The first kappa shape index (κ1) is 18.8. The molecule has 0 bridgehead atoms. The van der Waals surface area contributed by atoms with E-state index in [0.29, 0.717) is 35.7 Å². The van der Waals surface area contributed by atoms with Gasteiger partial charge < -0.3 is 29.8 Å². The quantitative estimate of drug-likeness (QED) is 0.795. The van der Waals surface area contributed by atoms with Gasteiger partial charge in [-0.3, -0.25) is 0 Å². The molecule has 27 heavy (non-hydrogen) atoms. The van der Waals surface area contributed by atoms with Crippen LogP contribution in [0.5, 0.6) is 23.0 Å². The summed E-state index contributed by atoms with van der Waals surface area (Å²) in [5.74, 6) is 0.696. The largest absolute Gasteiger partial charge is 0.507 e. The van der Waals surface area contributed by atoms with Crippen molar-refractivity contribution in [1.82, 2.24) is 0 Å². The summed E-state index contributed by atoms with van der Waals surface area (Å²) in [6.07, 6.45) is 1.34. The van der Waals surface area contributed by atoms with E-state index in [1.165, 1.54) is 20.3 Å². The summed E-state index contributed by atoms with van der Waals surface area (Å²) in [4.78, 5) is 12.1. The fourth-order valence-corrected chi connectivity index (χ4v) is 3.57. The first-order chi connectivity index (χ1) is 13.0. The van der Waals surface area contributed by atoms with Gasteiger partial charge in [-0.15, -0.1) is 0 Å². The molecule has 0 saturated heterocycles. The van der Waals surface area contributed by atoms with Crippen LogP contribution in [0.1, 0.15) is 33.9 Å². The Morgan fingerprint density at radius 1 is 1.07 bits per heavy atom. The van der Waals surface area contributed by atoms with E-state index in [4.69, 9.17) is 24.7 Å². The summed E-state index contributed by atoms with van der Waals surface area (Å²) >= 11 is 0. The SMILES string of the molecule is COC(=O)c1cc2c(cc1O)[C@@H](N)CCc1cc(OC)c(OC)c(OC)c1-2. The lowest BCUT2D eigenvalue weighted by Gasteiger charge is -2.20. The average Bonchev–Trinajstić information content (AvgIpc) is 2.82. The van der Waals surface area contributed by atoms with Crippen molar-refractivity contribution in [1.29, 1.82) is 0 Å². The molecule has 3 N–H and O–H groups in total. The number of aryl methyl sites for hydroxylation is 1. The number of esters is 1. The second-order valence-corrected chi connectivity index (χ2v) is 6.27. The number of rotatable bonds is 4. The lowest BCUT2D eigenvalue weighted by Crippen LogP contribution is -2.12. The maximum atomic E-state index is 12.1. The highest BCUT2D eigenvalue weighted by Gasteiger charge is 2.29. The lowest BCUT2D eigenvalue weighted by molar-refractivity contribution is 0.0597. The number of fused-ring (bicyclic) bond motifs is 3. The lowest BCUT2D eigenvalue weighted by atomic mass is 9.91. The number of hydrogen-bond acceptors (Lipinski definition) is 7. The second-order valence-electron chi connectivity index (χ2n) is 6.27. The predicted molar refractivity (Wildman–Crippen MR) is 99.8 cm³/mol. The number of hydrogen-bond donors (Lipinski definition) is 2. The van der Waals surface area contributed by atoms with Gasteiger partial charge in [-0.2, -0.15) is 0 Å². The summed E-state index contributed by atoms with van der Waals surface area (Å²) in [6.45, 7) is 0. The summed E-state index contributed by atoms with van der Waals surface area (Å²) in [7, 11) is 5.91. The first-order valence-electron chi connectivity index (χ1n) is 8.49. The Labute approximate surface area is 157 Å². The molecule has 0 spiro atoms. The molecule has 1 aliphatic rings. The molecule has 1 aliphatic carbocycles. The van der Waals surface area contributed by atoms with Gasteiger partial charge in [-0.1, -0.05) is 0 Å². The molecule has 0 radical (unpaired) electrons. The Kier molecular flexibility index (Phi) is 5.14. The van der Waals surface area contributed by atoms with Crippen molar-refractivity contribution >= 4 is 5.97 Å².